The van der Waals surface area contributed by atoms with Gasteiger partial charge in [-0.05, 0) is 135 Å². The number of nitrogens with zero attached hydrogens (tertiary/aromatic N) is 5. The molecule has 4 heterocycles. The van der Waals surface area contributed by atoms with Gasteiger partial charge in [0, 0.05) is 68.1 Å². The van der Waals surface area contributed by atoms with Crippen molar-refractivity contribution in [2.75, 3.05) is 32.1 Å². The molecule has 19 heteroatoms. The average Bonchev–Trinajstić information content (AvgIpc) is 3.74. The highest BCUT2D eigenvalue weighted by molar-refractivity contribution is 6.17. The molecule has 2 aromatic carbocycles. The number of carboxylic acids is 1. The van der Waals surface area contributed by atoms with Crippen molar-refractivity contribution in [2.45, 2.75) is 148 Å². The second kappa shape index (κ2) is 22.7. The van der Waals surface area contributed by atoms with Gasteiger partial charge in [-0.2, -0.15) is 5.10 Å². The Balaban J connectivity index is 0.000000192. The summed E-state index contributed by atoms with van der Waals surface area (Å²) in [6, 6.07) is 4.29. The summed E-state index contributed by atoms with van der Waals surface area (Å²) in [7, 11) is 0. The molecule has 4 fully saturated rings. The zero-order chi connectivity index (χ0) is 50.5. The van der Waals surface area contributed by atoms with Gasteiger partial charge in [0.1, 0.15) is 17.0 Å². The number of hydrogen-bond donors (Lipinski definition) is 2. The normalized spacial score (nSPS) is 24.5. The molecule has 2 saturated carbocycles. The van der Waals surface area contributed by atoms with Crippen LogP contribution >= 0.6 is 11.6 Å². The first-order valence-electron chi connectivity index (χ1n) is 24.2. The molecule has 3 N–H and O–H groups in total. The van der Waals surface area contributed by atoms with E-state index >= 15 is 0 Å². The number of nitrogens with two attached hydrogens (primary N) is 1. The van der Waals surface area contributed by atoms with E-state index in [0.29, 0.717) is 98.5 Å². The van der Waals surface area contributed by atoms with Crippen LogP contribution in [0.5, 0.6) is 0 Å². The van der Waals surface area contributed by atoms with Gasteiger partial charge < -0.3 is 30.1 Å². The molecule has 69 heavy (non-hydrogen) atoms. The maximum Gasteiger partial charge on any atom is 0.410 e. The fourth-order valence-electron chi connectivity index (χ4n) is 10.5. The van der Waals surface area contributed by atoms with Crippen molar-refractivity contribution in [1.29, 1.82) is 0 Å². The van der Waals surface area contributed by atoms with Crippen LogP contribution in [0.25, 0.3) is 0 Å². The van der Waals surface area contributed by atoms with Gasteiger partial charge in [-0.15, -0.1) is 11.6 Å². The number of rotatable bonds is 9. The summed E-state index contributed by atoms with van der Waals surface area (Å²) < 4.78 is 94.2. The predicted molar refractivity (Wildman–Crippen MR) is 247 cm³/mol. The third-order valence-corrected chi connectivity index (χ3v) is 14.1. The van der Waals surface area contributed by atoms with E-state index in [1.807, 2.05) is 56.0 Å². The maximum absolute atomic E-state index is 14.7. The first kappa shape index (κ1) is 53.8. The Morgan fingerprint density at radius 2 is 1.26 bits per heavy atom. The summed E-state index contributed by atoms with van der Waals surface area (Å²) in [6.45, 7) is 14.9. The SMILES string of the molecule is CC(C)(C)OC(=O)N1C[C@H]2CC[C@@H](C1)C2Cc1nc2n(n1)CCCCC2c1ccc(F)c(F)c1F.CC(C)(C)OC(=O)N1C[C@H]2CC[C@@H](C1)C2N.O=C(O)C(CCCCCl)c1ccc(F)c(F)c1F. The summed E-state index contributed by atoms with van der Waals surface area (Å²) in [4.78, 5) is 44.0. The van der Waals surface area contributed by atoms with Crippen LogP contribution in [0.15, 0.2) is 24.3 Å². The third kappa shape index (κ3) is 13.4. The number of fused-ring (bicyclic) bond motifs is 5. The van der Waals surface area contributed by atoms with Crippen LogP contribution in [-0.2, 0) is 27.2 Å². The standard InChI is InChI=1S/C26H33F3N4O2.C12H12ClF3O2.C12H22N2O2/c1-26(2,3)35-25(34)32-13-15-7-8-16(14-32)19(15)12-21-30-24-18(6-4-5-11-33(24)31-21)17-9-10-20(27)23(29)22(17)28;13-6-2-1-3-8(12(17)18)7-4-5-9(14)11(16)10(7)15;1-12(2,3)16-11(15)14-6-8-4-5-9(7-14)10(8)13/h9-10,15-16,18-19H,4-8,11-14H2,1-3H3;4-5,8H,1-3,6H2,(H,17,18);8-10H,4-7,13H2,1-3H3/t15-,16+,18?,19?;;8-,9+,10?. The maximum atomic E-state index is 14.7. The molecule has 12 nitrogen and oxygen atoms in total. The lowest BCUT2D eigenvalue weighted by molar-refractivity contribution is -0.139. The number of carbonyl (C=O) groups excluding carboxylic acids is 2. The van der Waals surface area contributed by atoms with Gasteiger partial charge in [-0.1, -0.05) is 25.0 Å². The number of aliphatic carboxylic acids is 1. The monoisotopic (exact) mass is 996 g/mol. The quantitative estimate of drug-likeness (QED) is 0.0923. The Labute approximate surface area is 405 Å². The zero-order valence-corrected chi connectivity index (χ0v) is 41.2. The van der Waals surface area contributed by atoms with Crippen LogP contribution < -0.4 is 5.73 Å². The van der Waals surface area contributed by atoms with Gasteiger partial charge in [0.05, 0.1) is 5.92 Å². The van der Waals surface area contributed by atoms with E-state index in [1.165, 1.54) is 6.07 Å². The number of carbonyl (C=O) groups is 3. The number of unbranched alkanes of at least 4 members (excludes halogenated alkanes) is 1. The number of hydrogen-bond acceptors (Lipinski definition) is 8. The molecule has 4 unspecified atom stereocenters. The van der Waals surface area contributed by atoms with Crippen LogP contribution in [0.4, 0.5) is 35.9 Å². The number of aromatic nitrogens is 3. The van der Waals surface area contributed by atoms with Gasteiger partial charge in [-0.3, -0.25) is 4.79 Å². The van der Waals surface area contributed by atoms with Crippen LogP contribution in [0.3, 0.4) is 0 Å². The minimum Gasteiger partial charge on any atom is -0.481 e. The molecular formula is C50H67ClF6N6O6. The summed E-state index contributed by atoms with van der Waals surface area (Å²) in [5.41, 5.74) is 4.97. The van der Waals surface area contributed by atoms with Crippen LogP contribution in [0.1, 0.15) is 140 Å². The number of likely N-dealkylation sites (tertiary alicyclic amines) is 2. The predicted octanol–water partition coefficient (Wildman–Crippen LogP) is 10.7. The summed E-state index contributed by atoms with van der Waals surface area (Å²) in [5.74, 6) is -7.33. The number of ether oxygens (including phenoxy) is 2. The van der Waals surface area contributed by atoms with E-state index in [0.717, 1.165) is 69.8 Å². The van der Waals surface area contributed by atoms with Gasteiger partial charge in [-0.25, -0.2) is 45.6 Å². The Bertz CT molecular complexity index is 2260. The van der Waals surface area contributed by atoms with E-state index in [4.69, 9.17) is 42.0 Å². The van der Waals surface area contributed by atoms with Crippen LogP contribution in [-0.4, -0.2) is 97.1 Å². The summed E-state index contributed by atoms with van der Waals surface area (Å²) >= 11 is 5.46. The Hall–Kier alpha value is -4.58. The molecule has 5 aliphatic rings. The van der Waals surface area contributed by atoms with Gasteiger partial charge >= 0.3 is 18.2 Å². The molecule has 8 rings (SSSR count). The molecule has 3 aliphatic heterocycles. The van der Waals surface area contributed by atoms with E-state index in [2.05, 4.69) is 0 Å². The smallest absolute Gasteiger partial charge is 0.410 e. The first-order valence-corrected chi connectivity index (χ1v) is 24.7. The number of benzene rings is 2. The lowest BCUT2D eigenvalue weighted by Gasteiger charge is -2.38. The van der Waals surface area contributed by atoms with E-state index in [-0.39, 0.29) is 29.7 Å². The lowest BCUT2D eigenvalue weighted by atomic mass is 9.82. The third-order valence-electron chi connectivity index (χ3n) is 13.9. The largest absolute Gasteiger partial charge is 0.481 e. The summed E-state index contributed by atoms with van der Waals surface area (Å²) in [5, 5.41) is 13.8. The molecule has 2 amide bonds. The summed E-state index contributed by atoms with van der Waals surface area (Å²) in [6.07, 6.45) is 8.19. The Morgan fingerprint density at radius 3 is 1.80 bits per heavy atom. The fraction of sp³-hybridized carbons (Fsp3) is 0.660. The van der Waals surface area contributed by atoms with Gasteiger partial charge in [0.2, 0.25) is 0 Å². The van der Waals surface area contributed by atoms with Crippen LogP contribution in [0, 0.1) is 64.5 Å². The van der Waals surface area contributed by atoms with Crippen molar-refractivity contribution in [2.24, 2.45) is 35.3 Å². The highest BCUT2D eigenvalue weighted by Gasteiger charge is 2.45. The van der Waals surface area contributed by atoms with Gasteiger partial charge in [0.25, 0.3) is 0 Å². The molecule has 3 aromatic rings. The molecule has 2 aliphatic carbocycles. The number of aryl methyl sites for hydroxylation is 1. The van der Waals surface area contributed by atoms with Crippen molar-refractivity contribution in [3.05, 3.63) is 81.9 Å². The first-order chi connectivity index (χ1) is 32.5. The molecule has 1 aromatic heterocycles. The van der Waals surface area contributed by atoms with E-state index < -0.39 is 63.9 Å². The number of piperidine rings is 2. The fourth-order valence-corrected chi connectivity index (χ4v) is 10.7. The molecule has 8 atom stereocenters. The van der Waals surface area contributed by atoms with Crippen molar-refractivity contribution in [1.82, 2.24) is 24.6 Å². The van der Waals surface area contributed by atoms with E-state index in [1.54, 1.807) is 0 Å². The average molecular weight is 998 g/mol. The van der Waals surface area contributed by atoms with Crippen molar-refractivity contribution in [3.63, 3.8) is 0 Å². The highest BCUT2D eigenvalue weighted by Crippen LogP contribution is 2.44. The molecule has 382 valence electrons. The number of halogens is 7. The Kier molecular flexibility index (Phi) is 17.7. The topological polar surface area (TPSA) is 153 Å². The van der Waals surface area contributed by atoms with Crippen molar-refractivity contribution < 1.29 is 55.3 Å². The lowest BCUT2D eigenvalue weighted by Crippen LogP contribution is -2.51. The highest BCUT2D eigenvalue weighted by atomic mass is 35.5. The van der Waals surface area contributed by atoms with Crippen LogP contribution in [0.2, 0.25) is 0 Å². The molecule has 0 spiro atoms. The zero-order valence-electron chi connectivity index (χ0n) is 40.4. The molecule has 0 radical (unpaired) electrons. The second-order valence-electron chi connectivity index (χ2n) is 21.2. The second-order valence-corrected chi connectivity index (χ2v) is 21.6. The number of carboxylic acid groups (broad SMARTS) is 1. The molecule has 2 saturated heterocycles. The molecule has 4 bridgehead atoms. The number of alkyl halides is 1. The van der Waals surface area contributed by atoms with E-state index in [9.17, 15) is 40.7 Å². The molecular weight excluding hydrogens is 930 g/mol. The minimum absolute atomic E-state index is 0.129. The van der Waals surface area contributed by atoms with Gasteiger partial charge in [0.15, 0.2) is 40.7 Å². The minimum atomic E-state index is -1.64. The Morgan fingerprint density at radius 1 is 0.739 bits per heavy atom. The van der Waals surface area contributed by atoms with Crippen molar-refractivity contribution >= 4 is 29.8 Å². The van der Waals surface area contributed by atoms with Crippen molar-refractivity contribution in [3.8, 4) is 0 Å². The number of amides is 2.